The van der Waals surface area contributed by atoms with Crippen LogP contribution >= 0.6 is 0 Å². The highest BCUT2D eigenvalue weighted by Gasteiger charge is 2.16. The molecular weight excluding hydrogens is 173 g/mol. The highest BCUT2D eigenvalue weighted by molar-refractivity contribution is 5.94. The second-order valence-corrected chi connectivity index (χ2v) is 3.01. The van der Waals surface area contributed by atoms with E-state index in [0.29, 0.717) is 18.5 Å². The zero-order valence-electron chi connectivity index (χ0n) is 6.80. The third-order valence-corrected chi connectivity index (χ3v) is 2.07. The van der Waals surface area contributed by atoms with Gasteiger partial charge in [-0.3, -0.25) is 4.79 Å². The lowest BCUT2D eigenvalue weighted by molar-refractivity contribution is -0.116. The summed E-state index contributed by atoms with van der Waals surface area (Å²) >= 11 is 0. The van der Waals surface area contributed by atoms with E-state index in [1.54, 1.807) is 0 Å². The molecule has 68 valence electrons. The predicted octanol–water partition coefficient (Wildman–Crippen LogP) is 1.42. The molecule has 0 saturated carbocycles. The monoisotopic (exact) mass is 181 g/mol. The first-order valence-electron chi connectivity index (χ1n) is 3.98. The molecule has 1 aliphatic heterocycles. The Morgan fingerprint density at radius 3 is 2.92 bits per heavy atom. The highest BCUT2D eigenvalue weighted by atomic mass is 19.1. The van der Waals surface area contributed by atoms with Crippen molar-refractivity contribution in [1.82, 2.24) is 0 Å². The van der Waals surface area contributed by atoms with Gasteiger partial charge in [0, 0.05) is 18.2 Å². The zero-order valence-corrected chi connectivity index (χ0v) is 6.80. The van der Waals surface area contributed by atoms with Crippen LogP contribution < -0.4 is 5.32 Å². The maximum absolute atomic E-state index is 12.8. The molecule has 4 heteroatoms. The summed E-state index contributed by atoms with van der Waals surface area (Å²) in [5.74, 6) is -1.17. The number of aryl methyl sites for hydroxylation is 1. The number of hydrogen-bond donors (Lipinski definition) is 2. The van der Waals surface area contributed by atoms with Crippen molar-refractivity contribution in [3.8, 4) is 5.75 Å². The van der Waals surface area contributed by atoms with Gasteiger partial charge in [-0.25, -0.2) is 4.39 Å². The maximum Gasteiger partial charge on any atom is 0.224 e. The van der Waals surface area contributed by atoms with Crippen LogP contribution in [-0.4, -0.2) is 11.0 Å². The van der Waals surface area contributed by atoms with Crippen LogP contribution in [-0.2, 0) is 11.2 Å². The third kappa shape index (κ3) is 1.35. The van der Waals surface area contributed by atoms with E-state index in [1.165, 1.54) is 12.1 Å². The molecule has 0 radical (unpaired) electrons. The Bertz CT molecular complexity index is 376. The normalized spacial score (nSPS) is 15.0. The molecule has 1 aromatic carbocycles. The fraction of sp³-hybridized carbons (Fsp3) is 0.222. The maximum atomic E-state index is 12.8. The number of fused-ring (bicyclic) bond motifs is 1. The third-order valence-electron chi connectivity index (χ3n) is 2.07. The van der Waals surface area contributed by atoms with Crippen LogP contribution in [0.4, 0.5) is 10.1 Å². The van der Waals surface area contributed by atoms with E-state index in [2.05, 4.69) is 5.32 Å². The van der Waals surface area contributed by atoms with Crippen molar-refractivity contribution in [1.29, 1.82) is 0 Å². The molecule has 0 saturated heterocycles. The number of carbonyl (C=O) groups is 1. The molecule has 0 atom stereocenters. The molecule has 2 N–H and O–H groups in total. The van der Waals surface area contributed by atoms with Gasteiger partial charge in [-0.1, -0.05) is 0 Å². The molecule has 1 aliphatic rings. The number of phenols is 1. The quantitative estimate of drug-likeness (QED) is 0.635. The summed E-state index contributed by atoms with van der Waals surface area (Å²) in [4.78, 5) is 10.9. The van der Waals surface area contributed by atoms with E-state index in [-0.39, 0.29) is 5.91 Å². The minimum atomic E-state index is -0.644. The number of hydrogen-bond acceptors (Lipinski definition) is 2. The largest absolute Gasteiger partial charge is 0.505 e. The standard InChI is InChI=1S/C9H8FNO2/c10-6-3-5-1-2-9(13)11-7(5)4-8(6)12/h3-4,12H,1-2H2,(H,11,13). The molecular formula is C9H8FNO2. The Morgan fingerprint density at radius 1 is 1.38 bits per heavy atom. The van der Waals surface area contributed by atoms with E-state index >= 15 is 0 Å². The van der Waals surface area contributed by atoms with Gasteiger partial charge in [0.05, 0.1) is 0 Å². The Morgan fingerprint density at radius 2 is 2.15 bits per heavy atom. The van der Waals surface area contributed by atoms with Crippen molar-refractivity contribution in [2.75, 3.05) is 5.32 Å². The van der Waals surface area contributed by atoms with E-state index in [4.69, 9.17) is 5.11 Å². The van der Waals surface area contributed by atoms with Crippen molar-refractivity contribution in [3.63, 3.8) is 0 Å². The van der Waals surface area contributed by atoms with E-state index in [1.807, 2.05) is 0 Å². The number of rotatable bonds is 0. The molecule has 3 nitrogen and oxygen atoms in total. The van der Waals surface area contributed by atoms with Crippen molar-refractivity contribution >= 4 is 11.6 Å². The van der Waals surface area contributed by atoms with Crippen molar-refractivity contribution in [2.45, 2.75) is 12.8 Å². The molecule has 0 unspecified atom stereocenters. The number of anilines is 1. The number of carbonyl (C=O) groups excluding carboxylic acids is 1. The van der Waals surface area contributed by atoms with E-state index in [0.717, 1.165) is 5.56 Å². The molecule has 2 rings (SSSR count). The SMILES string of the molecule is O=C1CCc2cc(F)c(O)cc2N1. The van der Waals surface area contributed by atoms with Gasteiger partial charge in [-0.15, -0.1) is 0 Å². The van der Waals surface area contributed by atoms with E-state index < -0.39 is 11.6 Å². The molecule has 0 fully saturated rings. The molecule has 0 bridgehead atoms. The van der Waals surface area contributed by atoms with Gasteiger partial charge in [0.1, 0.15) is 0 Å². The van der Waals surface area contributed by atoms with Crippen molar-refractivity contribution < 1.29 is 14.3 Å². The summed E-state index contributed by atoms with van der Waals surface area (Å²) in [7, 11) is 0. The highest BCUT2D eigenvalue weighted by Crippen LogP contribution is 2.28. The summed E-state index contributed by atoms with van der Waals surface area (Å²) in [5, 5.41) is 11.6. The summed E-state index contributed by atoms with van der Waals surface area (Å²) in [6.07, 6.45) is 0.898. The lowest BCUT2D eigenvalue weighted by Gasteiger charge is -2.16. The van der Waals surface area contributed by atoms with Gasteiger partial charge < -0.3 is 10.4 Å². The first-order chi connectivity index (χ1) is 6.16. The van der Waals surface area contributed by atoms with Crippen LogP contribution in [0.2, 0.25) is 0 Å². The number of aromatic hydroxyl groups is 1. The summed E-state index contributed by atoms with van der Waals surface area (Å²) in [6.45, 7) is 0. The minimum absolute atomic E-state index is 0.0986. The average molecular weight is 181 g/mol. The van der Waals surface area contributed by atoms with Crippen molar-refractivity contribution in [2.24, 2.45) is 0 Å². The second kappa shape index (κ2) is 2.73. The molecule has 0 spiro atoms. The van der Waals surface area contributed by atoms with Gasteiger partial charge >= 0.3 is 0 Å². The Labute approximate surface area is 74.2 Å². The second-order valence-electron chi connectivity index (χ2n) is 3.01. The summed E-state index contributed by atoms with van der Waals surface area (Å²) < 4.78 is 12.8. The van der Waals surface area contributed by atoms with Crippen LogP contribution in [0.1, 0.15) is 12.0 Å². The molecule has 1 heterocycles. The van der Waals surface area contributed by atoms with Crippen LogP contribution in [0.25, 0.3) is 0 Å². The van der Waals surface area contributed by atoms with E-state index in [9.17, 15) is 9.18 Å². The number of nitrogens with one attached hydrogen (secondary N) is 1. The first-order valence-corrected chi connectivity index (χ1v) is 3.98. The minimum Gasteiger partial charge on any atom is -0.505 e. The zero-order chi connectivity index (χ0) is 9.42. The smallest absolute Gasteiger partial charge is 0.224 e. The Kier molecular flexibility index (Phi) is 1.69. The molecule has 1 amide bonds. The fourth-order valence-electron chi connectivity index (χ4n) is 1.39. The molecule has 13 heavy (non-hydrogen) atoms. The van der Waals surface area contributed by atoms with Gasteiger partial charge in [0.15, 0.2) is 11.6 Å². The molecule has 1 aromatic rings. The fourth-order valence-corrected chi connectivity index (χ4v) is 1.39. The predicted molar refractivity (Wildman–Crippen MR) is 45.0 cm³/mol. The van der Waals surface area contributed by atoms with Gasteiger partial charge in [-0.05, 0) is 18.1 Å². The van der Waals surface area contributed by atoms with Gasteiger partial charge in [0.2, 0.25) is 5.91 Å². The number of benzene rings is 1. The molecule has 0 aliphatic carbocycles. The van der Waals surface area contributed by atoms with Crippen LogP contribution in [0.15, 0.2) is 12.1 Å². The van der Waals surface area contributed by atoms with Crippen LogP contribution in [0.5, 0.6) is 5.75 Å². The van der Waals surface area contributed by atoms with Crippen molar-refractivity contribution in [3.05, 3.63) is 23.5 Å². The lowest BCUT2D eigenvalue weighted by atomic mass is 10.0. The summed E-state index contributed by atoms with van der Waals surface area (Å²) in [5.41, 5.74) is 1.24. The Hall–Kier alpha value is -1.58. The number of halogens is 1. The van der Waals surface area contributed by atoms with Gasteiger partial charge in [0.25, 0.3) is 0 Å². The topological polar surface area (TPSA) is 49.3 Å². The number of amides is 1. The first kappa shape index (κ1) is 8.04. The lowest BCUT2D eigenvalue weighted by Crippen LogP contribution is -2.18. The average Bonchev–Trinajstić information content (AvgIpc) is 2.08. The summed E-state index contributed by atoms with van der Waals surface area (Å²) in [6, 6.07) is 2.49. The Balaban J connectivity index is 2.49. The number of phenolic OH excluding ortho intramolecular Hbond substituents is 1. The van der Waals surface area contributed by atoms with Crippen LogP contribution in [0.3, 0.4) is 0 Å². The van der Waals surface area contributed by atoms with Crippen LogP contribution in [0, 0.1) is 5.82 Å². The van der Waals surface area contributed by atoms with Gasteiger partial charge in [-0.2, -0.15) is 0 Å². The molecule has 0 aromatic heterocycles.